The summed E-state index contributed by atoms with van der Waals surface area (Å²) in [6.07, 6.45) is 0.304. The van der Waals surface area contributed by atoms with Crippen LogP contribution in [0.1, 0.15) is 25.9 Å². The highest BCUT2D eigenvalue weighted by Crippen LogP contribution is 2.35. The lowest BCUT2D eigenvalue weighted by molar-refractivity contribution is 0.102. The third-order valence-corrected chi connectivity index (χ3v) is 6.70. The number of aromatic hydroxyl groups is 1. The standard InChI is InChI=1S/C23H13N5O4S2/c24-11-15-18(12-6-8-14(29)9-7-12)19-21(32-22(15)31)25-16(33-19)10-17-27-28-23(34-17)26-20(30)13-4-2-1-3-5-13/h1-9,29H,10H2,(H,26,28,30). The highest BCUT2D eigenvalue weighted by molar-refractivity contribution is 7.19. The van der Waals surface area contributed by atoms with Gasteiger partial charge in [0.25, 0.3) is 5.91 Å². The normalized spacial score (nSPS) is 10.8. The van der Waals surface area contributed by atoms with Crippen LogP contribution in [0.2, 0.25) is 0 Å². The van der Waals surface area contributed by atoms with E-state index in [0.29, 0.717) is 43.0 Å². The van der Waals surface area contributed by atoms with Crippen LogP contribution in [-0.4, -0.2) is 26.2 Å². The van der Waals surface area contributed by atoms with Gasteiger partial charge in [0, 0.05) is 11.1 Å². The van der Waals surface area contributed by atoms with Crippen LogP contribution in [0, 0.1) is 11.3 Å². The summed E-state index contributed by atoms with van der Waals surface area (Å²) in [5.41, 5.74) is 0.714. The number of amides is 1. The fourth-order valence-corrected chi connectivity index (χ4v) is 5.17. The molecule has 0 aliphatic carbocycles. The molecule has 166 valence electrons. The lowest BCUT2D eigenvalue weighted by Crippen LogP contribution is -2.11. The fourth-order valence-electron chi connectivity index (χ4n) is 3.27. The zero-order chi connectivity index (χ0) is 23.7. The van der Waals surface area contributed by atoms with Crippen LogP contribution in [0.5, 0.6) is 5.75 Å². The van der Waals surface area contributed by atoms with Crippen molar-refractivity contribution in [1.29, 1.82) is 5.26 Å². The number of thiazole rings is 1. The Balaban J connectivity index is 1.45. The first kappa shape index (κ1) is 21.4. The predicted octanol–water partition coefficient (Wildman–Crippen LogP) is 4.19. The van der Waals surface area contributed by atoms with E-state index >= 15 is 0 Å². The molecule has 2 aromatic carbocycles. The molecule has 0 atom stereocenters. The number of carbonyl (C=O) groups is 1. The molecule has 0 radical (unpaired) electrons. The molecule has 2 N–H and O–H groups in total. The number of aromatic nitrogens is 3. The summed E-state index contributed by atoms with van der Waals surface area (Å²) in [5.74, 6) is -0.217. The summed E-state index contributed by atoms with van der Waals surface area (Å²) >= 11 is 2.48. The lowest BCUT2D eigenvalue weighted by atomic mass is 10.0. The Morgan fingerprint density at radius 3 is 2.56 bits per heavy atom. The molecule has 0 aliphatic heterocycles. The van der Waals surface area contributed by atoms with Crippen molar-refractivity contribution in [3.05, 3.63) is 86.2 Å². The molecule has 0 unspecified atom stereocenters. The molecule has 34 heavy (non-hydrogen) atoms. The Hall–Kier alpha value is -4.40. The van der Waals surface area contributed by atoms with Gasteiger partial charge in [0.15, 0.2) is 0 Å². The number of nitriles is 1. The van der Waals surface area contributed by atoms with Crippen molar-refractivity contribution < 1.29 is 14.3 Å². The van der Waals surface area contributed by atoms with E-state index in [1.807, 2.05) is 12.1 Å². The molecular formula is C23H13N5O4S2. The average molecular weight is 488 g/mol. The summed E-state index contributed by atoms with van der Waals surface area (Å²) in [5, 5.41) is 31.6. The summed E-state index contributed by atoms with van der Waals surface area (Å²) in [6, 6.07) is 16.9. The zero-order valence-corrected chi connectivity index (χ0v) is 18.8. The number of rotatable bonds is 5. The Morgan fingerprint density at radius 2 is 1.82 bits per heavy atom. The maximum Gasteiger partial charge on any atom is 0.356 e. The third-order valence-electron chi connectivity index (χ3n) is 4.80. The van der Waals surface area contributed by atoms with Crippen LogP contribution in [-0.2, 0) is 6.42 Å². The van der Waals surface area contributed by atoms with Crippen LogP contribution in [0.3, 0.4) is 0 Å². The molecule has 0 saturated heterocycles. The fraction of sp³-hybridized carbons (Fsp3) is 0.0435. The minimum absolute atomic E-state index is 0.0675. The highest BCUT2D eigenvalue weighted by atomic mass is 32.1. The van der Waals surface area contributed by atoms with E-state index < -0.39 is 5.63 Å². The minimum Gasteiger partial charge on any atom is -0.508 e. The number of phenolic OH excluding ortho intramolecular Hbond substituents is 1. The first-order chi connectivity index (χ1) is 16.5. The Labute approximate surface area is 199 Å². The van der Waals surface area contributed by atoms with Gasteiger partial charge in [0.05, 0.1) is 6.42 Å². The van der Waals surface area contributed by atoms with Crippen LogP contribution in [0.15, 0.2) is 63.8 Å². The van der Waals surface area contributed by atoms with Crippen LogP contribution in [0.4, 0.5) is 5.13 Å². The van der Waals surface area contributed by atoms with Crippen molar-refractivity contribution in [1.82, 2.24) is 15.2 Å². The minimum atomic E-state index is -0.781. The monoisotopic (exact) mass is 487 g/mol. The predicted molar refractivity (Wildman–Crippen MR) is 127 cm³/mol. The van der Waals surface area contributed by atoms with Gasteiger partial charge in [-0.05, 0) is 29.8 Å². The molecule has 0 bridgehead atoms. The van der Waals surface area contributed by atoms with Gasteiger partial charge in [-0.15, -0.1) is 21.5 Å². The largest absolute Gasteiger partial charge is 0.508 e. The summed E-state index contributed by atoms with van der Waals surface area (Å²) in [6.45, 7) is 0. The molecule has 9 nitrogen and oxygen atoms in total. The second-order valence-corrected chi connectivity index (χ2v) is 9.18. The van der Waals surface area contributed by atoms with E-state index in [0.717, 1.165) is 0 Å². The quantitative estimate of drug-likeness (QED) is 0.376. The van der Waals surface area contributed by atoms with Crippen molar-refractivity contribution in [3.8, 4) is 22.9 Å². The number of phenols is 1. The summed E-state index contributed by atoms with van der Waals surface area (Å²) in [7, 11) is 0. The lowest BCUT2D eigenvalue weighted by Gasteiger charge is -2.04. The van der Waals surface area contributed by atoms with Gasteiger partial charge in [0.2, 0.25) is 10.8 Å². The van der Waals surface area contributed by atoms with E-state index in [1.54, 1.807) is 36.4 Å². The van der Waals surface area contributed by atoms with Crippen LogP contribution < -0.4 is 10.9 Å². The van der Waals surface area contributed by atoms with E-state index in [1.165, 1.54) is 34.8 Å². The Bertz CT molecular complexity index is 1620. The molecule has 11 heteroatoms. The number of hydrogen-bond donors (Lipinski definition) is 2. The molecule has 5 aromatic rings. The Kier molecular flexibility index (Phi) is 5.59. The second kappa shape index (κ2) is 8.86. The van der Waals surface area contributed by atoms with Crippen molar-refractivity contribution in [2.75, 3.05) is 5.32 Å². The summed E-state index contributed by atoms with van der Waals surface area (Å²) < 4.78 is 5.82. The van der Waals surface area contributed by atoms with Crippen molar-refractivity contribution in [3.63, 3.8) is 0 Å². The molecule has 0 saturated carbocycles. The maximum atomic E-state index is 12.4. The number of anilines is 1. The average Bonchev–Trinajstić information content (AvgIpc) is 3.45. The van der Waals surface area contributed by atoms with Crippen LogP contribution >= 0.6 is 22.7 Å². The number of nitrogens with zero attached hydrogens (tertiary/aromatic N) is 4. The van der Waals surface area contributed by atoms with E-state index in [2.05, 4.69) is 20.5 Å². The molecule has 1 amide bonds. The van der Waals surface area contributed by atoms with Gasteiger partial charge in [-0.2, -0.15) is 5.26 Å². The Morgan fingerprint density at radius 1 is 1.06 bits per heavy atom. The molecule has 5 rings (SSSR count). The number of hydrogen-bond acceptors (Lipinski definition) is 10. The number of carbonyl (C=O) groups excluding carboxylic acids is 1. The number of benzene rings is 2. The van der Waals surface area contributed by atoms with Gasteiger partial charge in [-0.3, -0.25) is 10.1 Å². The van der Waals surface area contributed by atoms with Crippen molar-refractivity contribution in [2.24, 2.45) is 0 Å². The molecule has 3 aromatic heterocycles. The molecule has 0 aliphatic rings. The van der Waals surface area contributed by atoms with Crippen LogP contribution in [0.25, 0.3) is 21.5 Å². The number of nitrogens with one attached hydrogen (secondary N) is 1. The maximum absolute atomic E-state index is 12.4. The first-order valence-electron chi connectivity index (χ1n) is 9.86. The van der Waals surface area contributed by atoms with Gasteiger partial charge >= 0.3 is 5.63 Å². The van der Waals surface area contributed by atoms with Crippen molar-refractivity contribution in [2.45, 2.75) is 6.42 Å². The molecule has 0 fully saturated rings. The molecular weight excluding hydrogens is 474 g/mol. The van der Waals surface area contributed by atoms with E-state index in [-0.39, 0.29) is 22.9 Å². The van der Waals surface area contributed by atoms with Gasteiger partial charge in [-0.25, -0.2) is 9.78 Å². The second-order valence-electron chi connectivity index (χ2n) is 7.04. The SMILES string of the molecule is N#Cc1c(-c2ccc(O)cc2)c2sc(Cc3nnc(NC(=O)c4ccccc4)s3)nc2oc1=O. The number of fused-ring (bicyclic) bond motifs is 1. The third kappa shape index (κ3) is 4.15. The van der Waals surface area contributed by atoms with Gasteiger partial charge < -0.3 is 9.52 Å². The van der Waals surface area contributed by atoms with Gasteiger partial charge in [-0.1, -0.05) is 41.7 Å². The summed E-state index contributed by atoms with van der Waals surface area (Å²) in [4.78, 5) is 29.1. The highest BCUT2D eigenvalue weighted by Gasteiger charge is 2.21. The van der Waals surface area contributed by atoms with E-state index in [4.69, 9.17) is 4.42 Å². The van der Waals surface area contributed by atoms with E-state index in [9.17, 15) is 20.0 Å². The topological polar surface area (TPSA) is 142 Å². The first-order valence-corrected chi connectivity index (χ1v) is 11.5. The molecule has 3 heterocycles. The van der Waals surface area contributed by atoms with Crippen molar-refractivity contribution >= 4 is 44.1 Å². The molecule has 0 spiro atoms. The van der Waals surface area contributed by atoms with Gasteiger partial charge in [0.1, 0.15) is 32.1 Å². The smallest absolute Gasteiger partial charge is 0.356 e. The zero-order valence-electron chi connectivity index (χ0n) is 17.2.